The number of benzene rings is 2. The molecule has 0 spiro atoms. The molecule has 0 bridgehead atoms. The Hall–Kier alpha value is -2.99. The number of aromatic nitrogens is 1. The Morgan fingerprint density at radius 2 is 1.60 bits per heavy atom. The predicted molar refractivity (Wildman–Crippen MR) is 94.6 cm³/mol. The fraction of sp³-hybridized carbons (Fsp3) is 0.105. The zero-order chi connectivity index (χ0) is 17.6. The van der Waals surface area contributed by atoms with Crippen molar-refractivity contribution in [2.24, 2.45) is 0 Å². The van der Waals surface area contributed by atoms with Crippen LogP contribution in [0.3, 0.4) is 0 Å². The summed E-state index contributed by atoms with van der Waals surface area (Å²) < 4.78 is 4.39. The number of imide groups is 1. The summed E-state index contributed by atoms with van der Waals surface area (Å²) in [6.45, 7) is 2.05. The summed E-state index contributed by atoms with van der Waals surface area (Å²) in [5.41, 5.74) is 3.43. The number of carbonyl (C=O) groups excluding carboxylic acids is 2. The molecule has 0 saturated carbocycles. The maximum absolute atomic E-state index is 12.6. The molecular weight excluding hydrogens is 336 g/mol. The van der Waals surface area contributed by atoms with Crippen LogP contribution in [0.5, 0.6) is 5.75 Å². The number of fused-ring (bicyclic) bond motifs is 1. The summed E-state index contributed by atoms with van der Waals surface area (Å²) in [7, 11) is 0. The third kappa shape index (κ3) is 2.51. The number of hydrogen-bond donors (Lipinski definition) is 1. The molecule has 1 aliphatic rings. The van der Waals surface area contributed by atoms with E-state index in [2.05, 4.69) is 4.37 Å². The number of amides is 2. The van der Waals surface area contributed by atoms with Gasteiger partial charge in [-0.25, -0.2) is 0 Å². The van der Waals surface area contributed by atoms with E-state index in [-0.39, 0.29) is 24.1 Å². The second-order valence-electron chi connectivity index (χ2n) is 5.86. The van der Waals surface area contributed by atoms with E-state index in [1.54, 1.807) is 48.5 Å². The van der Waals surface area contributed by atoms with Gasteiger partial charge in [-0.05, 0) is 60.4 Å². The van der Waals surface area contributed by atoms with Crippen molar-refractivity contribution in [1.82, 2.24) is 9.27 Å². The lowest BCUT2D eigenvalue weighted by atomic mass is 10.1. The maximum atomic E-state index is 12.6. The molecule has 0 unspecified atom stereocenters. The van der Waals surface area contributed by atoms with Crippen molar-refractivity contribution in [3.63, 3.8) is 0 Å². The van der Waals surface area contributed by atoms with Gasteiger partial charge in [-0.15, -0.1) is 0 Å². The van der Waals surface area contributed by atoms with Gasteiger partial charge >= 0.3 is 0 Å². The highest BCUT2D eigenvalue weighted by Gasteiger charge is 2.36. The molecule has 0 fully saturated rings. The number of nitrogens with zero attached hydrogens (tertiary/aromatic N) is 2. The van der Waals surface area contributed by atoms with Gasteiger partial charge < -0.3 is 5.11 Å². The van der Waals surface area contributed by atoms with Crippen molar-refractivity contribution in [2.45, 2.75) is 13.5 Å². The van der Waals surface area contributed by atoms with Gasteiger partial charge in [-0.1, -0.05) is 12.1 Å². The first-order valence-corrected chi connectivity index (χ1v) is 8.53. The van der Waals surface area contributed by atoms with Crippen LogP contribution in [0.2, 0.25) is 0 Å². The van der Waals surface area contributed by atoms with Crippen molar-refractivity contribution < 1.29 is 14.7 Å². The van der Waals surface area contributed by atoms with Crippen LogP contribution in [-0.2, 0) is 6.54 Å². The van der Waals surface area contributed by atoms with E-state index >= 15 is 0 Å². The average Bonchev–Trinajstić information content (AvgIpc) is 3.10. The predicted octanol–water partition coefficient (Wildman–Crippen LogP) is 3.62. The molecule has 2 amide bonds. The number of phenols is 1. The van der Waals surface area contributed by atoms with E-state index in [0.29, 0.717) is 11.1 Å². The smallest absolute Gasteiger partial charge is 0.261 e. The molecule has 0 radical (unpaired) electrons. The van der Waals surface area contributed by atoms with Crippen molar-refractivity contribution in [3.05, 3.63) is 70.9 Å². The summed E-state index contributed by atoms with van der Waals surface area (Å²) in [5, 5.41) is 9.47. The number of rotatable bonds is 3. The van der Waals surface area contributed by atoms with Gasteiger partial charge in [0.05, 0.1) is 28.2 Å². The second-order valence-corrected chi connectivity index (χ2v) is 6.64. The normalized spacial score (nSPS) is 13.4. The average molecular weight is 350 g/mol. The number of phenolic OH excluding ortho intramolecular Hbond substituents is 1. The molecule has 0 saturated heterocycles. The quantitative estimate of drug-likeness (QED) is 0.733. The van der Waals surface area contributed by atoms with Crippen LogP contribution in [0.1, 0.15) is 32.0 Å². The van der Waals surface area contributed by atoms with Crippen LogP contribution < -0.4 is 0 Å². The first-order chi connectivity index (χ1) is 12.1. The Morgan fingerprint density at radius 1 is 1.00 bits per heavy atom. The highest BCUT2D eigenvalue weighted by molar-refractivity contribution is 7.09. The largest absolute Gasteiger partial charge is 0.508 e. The molecule has 25 heavy (non-hydrogen) atoms. The lowest BCUT2D eigenvalue weighted by Crippen LogP contribution is -2.29. The zero-order valence-electron chi connectivity index (χ0n) is 13.4. The van der Waals surface area contributed by atoms with Crippen molar-refractivity contribution in [1.29, 1.82) is 0 Å². The molecule has 124 valence electrons. The number of carbonyl (C=O) groups is 2. The lowest BCUT2D eigenvalue weighted by Gasteiger charge is -2.15. The van der Waals surface area contributed by atoms with E-state index < -0.39 is 0 Å². The molecule has 1 aromatic heterocycles. The van der Waals surface area contributed by atoms with Gasteiger partial charge in [0, 0.05) is 5.56 Å². The Kier molecular flexibility index (Phi) is 3.62. The first kappa shape index (κ1) is 15.5. The standard InChI is InChI=1S/C19H14N2O3S/c1-11-16(17(25-20-11)12-6-8-13(22)9-7-12)10-21-18(23)14-4-2-3-5-15(14)19(21)24/h2-9,22H,10H2,1H3. The van der Waals surface area contributed by atoms with Gasteiger partial charge in [0.15, 0.2) is 0 Å². The fourth-order valence-corrected chi connectivity index (χ4v) is 3.86. The van der Waals surface area contributed by atoms with Crippen LogP contribution >= 0.6 is 11.5 Å². The molecule has 2 aromatic carbocycles. The van der Waals surface area contributed by atoms with Crippen LogP contribution in [0.25, 0.3) is 10.4 Å². The molecule has 1 aliphatic heterocycles. The molecule has 4 rings (SSSR count). The highest BCUT2D eigenvalue weighted by Crippen LogP contribution is 2.34. The topological polar surface area (TPSA) is 70.5 Å². The lowest BCUT2D eigenvalue weighted by molar-refractivity contribution is 0.0642. The molecule has 2 heterocycles. The van der Waals surface area contributed by atoms with Gasteiger partial charge in [-0.2, -0.15) is 4.37 Å². The summed E-state index contributed by atoms with van der Waals surface area (Å²) in [6.07, 6.45) is 0. The maximum Gasteiger partial charge on any atom is 0.261 e. The highest BCUT2D eigenvalue weighted by atomic mass is 32.1. The minimum atomic E-state index is -0.275. The Labute approximate surface area is 148 Å². The van der Waals surface area contributed by atoms with Crippen molar-refractivity contribution in [3.8, 4) is 16.2 Å². The first-order valence-electron chi connectivity index (χ1n) is 7.76. The van der Waals surface area contributed by atoms with Crippen LogP contribution in [0.15, 0.2) is 48.5 Å². The third-order valence-corrected chi connectivity index (χ3v) is 5.34. The zero-order valence-corrected chi connectivity index (χ0v) is 14.2. The summed E-state index contributed by atoms with van der Waals surface area (Å²) >= 11 is 1.32. The minimum absolute atomic E-state index is 0.185. The summed E-state index contributed by atoms with van der Waals surface area (Å²) in [6, 6.07) is 13.7. The van der Waals surface area contributed by atoms with E-state index in [1.807, 2.05) is 6.92 Å². The number of aryl methyl sites for hydroxylation is 1. The van der Waals surface area contributed by atoms with Gasteiger partial charge in [0.1, 0.15) is 5.75 Å². The molecule has 3 aromatic rings. The molecule has 1 N–H and O–H groups in total. The van der Waals surface area contributed by atoms with Crippen molar-refractivity contribution >= 4 is 23.3 Å². The third-order valence-electron chi connectivity index (χ3n) is 4.31. The minimum Gasteiger partial charge on any atom is -0.508 e. The molecule has 6 heteroatoms. The monoisotopic (exact) mass is 350 g/mol. The number of aromatic hydroxyl groups is 1. The van der Waals surface area contributed by atoms with Gasteiger partial charge in [0.2, 0.25) is 0 Å². The molecule has 0 atom stereocenters. The van der Waals surface area contributed by atoms with E-state index in [0.717, 1.165) is 21.7 Å². The molecule has 5 nitrogen and oxygen atoms in total. The van der Waals surface area contributed by atoms with E-state index in [4.69, 9.17) is 0 Å². The summed E-state index contributed by atoms with van der Waals surface area (Å²) in [4.78, 5) is 27.4. The van der Waals surface area contributed by atoms with Crippen LogP contribution in [0.4, 0.5) is 0 Å². The Bertz CT molecular complexity index is 957. The van der Waals surface area contributed by atoms with Gasteiger partial charge in [-0.3, -0.25) is 14.5 Å². The van der Waals surface area contributed by atoms with Crippen LogP contribution in [-0.4, -0.2) is 26.2 Å². The van der Waals surface area contributed by atoms with Crippen LogP contribution in [0, 0.1) is 6.92 Å². The summed E-state index contributed by atoms with van der Waals surface area (Å²) in [5.74, 6) is -0.363. The molecular formula is C19H14N2O3S. The molecule has 0 aliphatic carbocycles. The SMILES string of the molecule is Cc1nsc(-c2ccc(O)cc2)c1CN1C(=O)c2ccccc2C1=O. The Balaban J connectivity index is 1.71. The van der Waals surface area contributed by atoms with E-state index in [9.17, 15) is 14.7 Å². The Morgan fingerprint density at radius 3 is 2.20 bits per heavy atom. The fourth-order valence-electron chi connectivity index (χ4n) is 2.96. The van der Waals surface area contributed by atoms with Crippen molar-refractivity contribution in [2.75, 3.05) is 0 Å². The van der Waals surface area contributed by atoms with E-state index in [1.165, 1.54) is 16.4 Å². The number of hydrogen-bond acceptors (Lipinski definition) is 5. The second kappa shape index (κ2) is 5.82. The van der Waals surface area contributed by atoms with Gasteiger partial charge in [0.25, 0.3) is 11.8 Å².